The Kier molecular flexibility index (Phi) is 5.03. The third-order valence-corrected chi connectivity index (χ3v) is 6.08. The van der Waals surface area contributed by atoms with E-state index in [1.165, 1.54) is 0 Å². The van der Waals surface area contributed by atoms with E-state index in [0.29, 0.717) is 42.5 Å². The van der Waals surface area contributed by atoms with Gasteiger partial charge in [0.25, 0.3) is 0 Å². The SMILES string of the molecule is Cc1nn(CCN)c(C)c1S(=O)(=O)N1CCCN(C)CC1. The van der Waals surface area contributed by atoms with Crippen LogP contribution in [0.3, 0.4) is 0 Å². The van der Waals surface area contributed by atoms with E-state index >= 15 is 0 Å². The van der Waals surface area contributed by atoms with Crippen LogP contribution >= 0.6 is 0 Å². The van der Waals surface area contributed by atoms with Gasteiger partial charge < -0.3 is 10.6 Å². The summed E-state index contributed by atoms with van der Waals surface area (Å²) in [5.41, 5.74) is 6.78. The second kappa shape index (κ2) is 6.43. The zero-order chi connectivity index (χ0) is 15.6. The van der Waals surface area contributed by atoms with E-state index in [2.05, 4.69) is 10.00 Å². The highest BCUT2D eigenvalue weighted by molar-refractivity contribution is 7.89. The van der Waals surface area contributed by atoms with Crippen molar-refractivity contribution in [2.75, 3.05) is 39.8 Å². The second-order valence-corrected chi connectivity index (χ2v) is 7.45. The van der Waals surface area contributed by atoms with Crippen LogP contribution in [0.1, 0.15) is 17.8 Å². The third-order valence-electron chi connectivity index (χ3n) is 3.93. The van der Waals surface area contributed by atoms with E-state index in [9.17, 15) is 8.42 Å². The van der Waals surface area contributed by atoms with Crippen LogP contribution in [0, 0.1) is 13.8 Å². The highest BCUT2D eigenvalue weighted by Gasteiger charge is 2.31. The molecule has 1 aliphatic rings. The molecule has 0 spiro atoms. The zero-order valence-electron chi connectivity index (χ0n) is 13.0. The summed E-state index contributed by atoms with van der Waals surface area (Å²) in [4.78, 5) is 2.51. The molecule has 1 fully saturated rings. The smallest absolute Gasteiger partial charge is 0.246 e. The Hall–Kier alpha value is -0.960. The summed E-state index contributed by atoms with van der Waals surface area (Å²) in [6.07, 6.45) is 0.852. The first-order valence-electron chi connectivity index (χ1n) is 7.30. The van der Waals surface area contributed by atoms with Crippen molar-refractivity contribution in [2.24, 2.45) is 5.73 Å². The van der Waals surface area contributed by atoms with Gasteiger partial charge in [-0.15, -0.1) is 0 Å². The molecule has 0 atom stereocenters. The number of hydrogen-bond acceptors (Lipinski definition) is 5. The number of aryl methyl sites for hydroxylation is 1. The number of rotatable bonds is 4. The quantitative estimate of drug-likeness (QED) is 0.831. The summed E-state index contributed by atoms with van der Waals surface area (Å²) in [6.45, 7) is 7.29. The van der Waals surface area contributed by atoms with Gasteiger partial charge in [-0.1, -0.05) is 0 Å². The minimum atomic E-state index is -3.49. The van der Waals surface area contributed by atoms with E-state index in [0.717, 1.165) is 19.5 Å². The van der Waals surface area contributed by atoms with E-state index in [1.54, 1.807) is 22.8 Å². The van der Waals surface area contributed by atoms with Crippen LogP contribution in [0.4, 0.5) is 0 Å². The molecule has 0 unspecified atom stereocenters. The number of likely N-dealkylation sites (N-methyl/N-ethyl adjacent to an activating group) is 1. The van der Waals surface area contributed by atoms with Crippen molar-refractivity contribution in [2.45, 2.75) is 31.7 Å². The van der Waals surface area contributed by atoms with Crippen LogP contribution in [0.25, 0.3) is 0 Å². The van der Waals surface area contributed by atoms with Crippen molar-refractivity contribution in [1.29, 1.82) is 0 Å². The predicted octanol–water partition coefficient (Wildman–Crippen LogP) is -0.215. The summed E-state index contributed by atoms with van der Waals surface area (Å²) in [5.74, 6) is 0. The van der Waals surface area contributed by atoms with Crippen molar-refractivity contribution in [3.05, 3.63) is 11.4 Å². The van der Waals surface area contributed by atoms with Crippen molar-refractivity contribution in [1.82, 2.24) is 19.0 Å². The van der Waals surface area contributed by atoms with Gasteiger partial charge in [-0.05, 0) is 33.9 Å². The number of hydrogen-bond donors (Lipinski definition) is 1. The Balaban J connectivity index is 2.35. The molecule has 120 valence electrons. The topological polar surface area (TPSA) is 84.5 Å². The molecular weight excluding hydrogens is 290 g/mol. The Morgan fingerprint density at radius 1 is 1.19 bits per heavy atom. The molecule has 0 aliphatic carbocycles. The van der Waals surface area contributed by atoms with Gasteiger partial charge in [-0.25, -0.2) is 8.42 Å². The molecule has 0 amide bonds. The van der Waals surface area contributed by atoms with Gasteiger partial charge in [0, 0.05) is 26.2 Å². The van der Waals surface area contributed by atoms with Gasteiger partial charge in [0.15, 0.2) is 0 Å². The van der Waals surface area contributed by atoms with Gasteiger partial charge >= 0.3 is 0 Å². The molecule has 1 saturated heterocycles. The molecule has 0 aromatic carbocycles. The maximum absolute atomic E-state index is 12.9. The summed E-state index contributed by atoms with van der Waals surface area (Å²) < 4.78 is 29.1. The summed E-state index contributed by atoms with van der Waals surface area (Å²) >= 11 is 0. The summed E-state index contributed by atoms with van der Waals surface area (Å²) in [6, 6.07) is 0. The lowest BCUT2D eigenvalue weighted by Gasteiger charge is -2.20. The fraction of sp³-hybridized carbons (Fsp3) is 0.769. The monoisotopic (exact) mass is 315 g/mol. The first kappa shape index (κ1) is 16.4. The van der Waals surface area contributed by atoms with Crippen molar-refractivity contribution in [3.8, 4) is 0 Å². The lowest BCUT2D eigenvalue weighted by molar-refractivity contribution is 0.347. The van der Waals surface area contributed by atoms with Crippen LogP contribution in [-0.4, -0.2) is 67.2 Å². The third kappa shape index (κ3) is 3.28. The van der Waals surface area contributed by atoms with Crippen LogP contribution in [0.2, 0.25) is 0 Å². The minimum absolute atomic E-state index is 0.348. The normalized spacial score (nSPS) is 18.9. The molecule has 7 nitrogen and oxygen atoms in total. The van der Waals surface area contributed by atoms with E-state index in [4.69, 9.17) is 5.73 Å². The Labute approximate surface area is 126 Å². The fourth-order valence-corrected chi connectivity index (χ4v) is 4.63. The molecule has 0 radical (unpaired) electrons. The van der Waals surface area contributed by atoms with Crippen LogP contribution < -0.4 is 5.73 Å². The summed E-state index contributed by atoms with van der Waals surface area (Å²) in [7, 11) is -1.47. The molecule has 1 aromatic heterocycles. The molecule has 0 saturated carbocycles. The molecule has 1 aliphatic heterocycles. The number of nitrogens with zero attached hydrogens (tertiary/aromatic N) is 4. The molecule has 2 heterocycles. The maximum atomic E-state index is 12.9. The lowest BCUT2D eigenvalue weighted by Crippen LogP contribution is -2.35. The molecule has 2 rings (SSSR count). The highest BCUT2D eigenvalue weighted by atomic mass is 32.2. The second-order valence-electron chi connectivity index (χ2n) is 5.57. The Bertz CT molecular complexity index is 596. The lowest BCUT2D eigenvalue weighted by atomic mass is 10.4. The van der Waals surface area contributed by atoms with Gasteiger partial charge in [0.2, 0.25) is 10.0 Å². The Morgan fingerprint density at radius 2 is 1.90 bits per heavy atom. The van der Waals surface area contributed by atoms with Gasteiger partial charge in [-0.2, -0.15) is 9.40 Å². The zero-order valence-corrected chi connectivity index (χ0v) is 13.9. The van der Waals surface area contributed by atoms with Gasteiger partial charge in [-0.3, -0.25) is 4.68 Å². The first-order valence-corrected chi connectivity index (χ1v) is 8.74. The molecule has 21 heavy (non-hydrogen) atoms. The number of sulfonamides is 1. The fourth-order valence-electron chi connectivity index (χ4n) is 2.79. The van der Waals surface area contributed by atoms with Gasteiger partial charge in [0.05, 0.1) is 17.9 Å². The van der Waals surface area contributed by atoms with Crippen LogP contribution in [-0.2, 0) is 16.6 Å². The van der Waals surface area contributed by atoms with E-state index in [1.807, 2.05) is 7.05 Å². The maximum Gasteiger partial charge on any atom is 0.246 e. The number of nitrogens with two attached hydrogens (primary N) is 1. The molecule has 1 aromatic rings. The average molecular weight is 315 g/mol. The van der Waals surface area contributed by atoms with Crippen molar-refractivity contribution >= 4 is 10.0 Å². The van der Waals surface area contributed by atoms with E-state index in [-0.39, 0.29) is 0 Å². The largest absolute Gasteiger partial charge is 0.329 e. The number of aromatic nitrogens is 2. The van der Waals surface area contributed by atoms with Crippen molar-refractivity contribution in [3.63, 3.8) is 0 Å². The van der Waals surface area contributed by atoms with Crippen LogP contribution in [0.5, 0.6) is 0 Å². The van der Waals surface area contributed by atoms with Crippen molar-refractivity contribution < 1.29 is 8.42 Å². The van der Waals surface area contributed by atoms with E-state index < -0.39 is 10.0 Å². The molecule has 0 bridgehead atoms. The Morgan fingerprint density at radius 3 is 2.57 bits per heavy atom. The molecular formula is C13H25N5O2S. The van der Waals surface area contributed by atoms with Gasteiger partial charge in [0.1, 0.15) is 4.90 Å². The standard InChI is InChI=1S/C13H25N5O2S/c1-11-13(12(2)18(15-11)8-5-14)21(19,20)17-7-4-6-16(3)9-10-17/h4-10,14H2,1-3H3. The average Bonchev–Trinajstić information content (AvgIpc) is 2.59. The highest BCUT2D eigenvalue weighted by Crippen LogP contribution is 2.24. The predicted molar refractivity (Wildman–Crippen MR) is 81.6 cm³/mol. The van der Waals surface area contributed by atoms with Crippen LogP contribution in [0.15, 0.2) is 4.90 Å². The first-order chi connectivity index (χ1) is 9.87. The molecule has 2 N–H and O–H groups in total. The summed E-state index contributed by atoms with van der Waals surface area (Å²) in [5, 5.41) is 4.32. The minimum Gasteiger partial charge on any atom is -0.329 e. The molecule has 8 heteroatoms.